The molecular weight excluding hydrogens is 202 g/mol. The molecule has 0 bridgehead atoms. The lowest BCUT2D eigenvalue weighted by Crippen LogP contribution is -2.48. The minimum atomic E-state index is -0.293. The van der Waals surface area contributed by atoms with Gasteiger partial charge in [-0.2, -0.15) is 0 Å². The van der Waals surface area contributed by atoms with Gasteiger partial charge in [0.15, 0.2) is 0 Å². The monoisotopic (exact) mass is 229 g/mol. The Morgan fingerprint density at radius 1 is 1.44 bits per heavy atom. The molecule has 1 fully saturated rings. The number of nitrogens with one attached hydrogen (secondary N) is 1. The maximum absolute atomic E-state index is 9.27. The number of likely N-dealkylation sites (N-methyl/N-ethyl adjacent to an activating group) is 1. The highest BCUT2D eigenvalue weighted by molar-refractivity contribution is 4.81. The number of aliphatic hydroxyl groups is 1. The van der Waals surface area contributed by atoms with Crippen molar-refractivity contribution in [2.24, 2.45) is 5.92 Å². The SMILES string of the molecule is CCC1CCCC(OCC(C)(CO)NC)C1. The molecule has 0 aromatic carbocycles. The van der Waals surface area contributed by atoms with Crippen molar-refractivity contribution in [1.82, 2.24) is 5.32 Å². The van der Waals surface area contributed by atoms with Gasteiger partial charge in [0.2, 0.25) is 0 Å². The molecule has 1 aliphatic rings. The van der Waals surface area contributed by atoms with Crippen LogP contribution >= 0.6 is 0 Å². The maximum Gasteiger partial charge on any atom is 0.0671 e. The van der Waals surface area contributed by atoms with Crippen LogP contribution in [0.3, 0.4) is 0 Å². The fourth-order valence-electron chi connectivity index (χ4n) is 2.26. The summed E-state index contributed by atoms with van der Waals surface area (Å²) in [6.45, 7) is 4.97. The van der Waals surface area contributed by atoms with Crippen molar-refractivity contribution in [1.29, 1.82) is 0 Å². The topological polar surface area (TPSA) is 41.5 Å². The van der Waals surface area contributed by atoms with Crippen molar-refractivity contribution in [2.45, 2.75) is 57.6 Å². The highest BCUT2D eigenvalue weighted by atomic mass is 16.5. The van der Waals surface area contributed by atoms with E-state index in [0.717, 1.165) is 5.92 Å². The van der Waals surface area contributed by atoms with Crippen molar-refractivity contribution in [3.05, 3.63) is 0 Å². The van der Waals surface area contributed by atoms with Gasteiger partial charge in [0.1, 0.15) is 0 Å². The van der Waals surface area contributed by atoms with Crippen molar-refractivity contribution >= 4 is 0 Å². The summed E-state index contributed by atoms with van der Waals surface area (Å²) in [5, 5.41) is 12.4. The summed E-state index contributed by atoms with van der Waals surface area (Å²) in [5.74, 6) is 0.841. The minimum Gasteiger partial charge on any atom is -0.394 e. The smallest absolute Gasteiger partial charge is 0.0671 e. The predicted octanol–water partition coefficient (Wildman–Crippen LogP) is 1.94. The Balaban J connectivity index is 2.31. The van der Waals surface area contributed by atoms with E-state index in [4.69, 9.17) is 4.74 Å². The van der Waals surface area contributed by atoms with Gasteiger partial charge in [-0.3, -0.25) is 0 Å². The lowest BCUT2D eigenvalue weighted by atomic mass is 9.85. The summed E-state index contributed by atoms with van der Waals surface area (Å²) >= 11 is 0. The van der Waals surface area contributed by atoms with Crippen LogP contribution in [-0.4, -0.2) is 37.0 Å². The van der Waals surface area contributed by atoms with Crippen molar-refractivity contribution in [3.63, 3.8) is 0 Å². The highest BCUT2D eigenvalue weighted by Gasteiger charge is 2.26. The molecule has 1 saturated carbocycles. The Bertz CT molecular complexity index is 192. The van der Waals surface area contributed by atoms with Crippen molar-refractivity contribution in [2.75, 3.05) is 20.3 Å². The highest BCUT2D eigenvalue weighted by Crippen LogP contribution is 2.28. The number of aliphatic hydroxyl groups excluding tert-OH is 1. The zero-order valence-corrected chi connectivity index (χ0v) is 11.0. The molecule has 96 valence electrons. The second-order valence-electron chi connectivity index (χ2n) is 5.34. The summed E-state index contributed by atoms with van der Waals surface area (Å²) in [5.41, 5.74) is -0.293. The van der Waals surface area contributed by atoms with E-state index in [1.54, 1.807) is 0 Å². The largest absolute Gasteiger partial charge is 0.394 e. The Labute approximate surface area is 99.6 Å². The molecule has 3 heteroatoms. The third kappa shape index (κ3) is 4.04. The predicted molar refractivity (Wildman–Crippen MR) is 66.5 cm³/mol. The quantitative estimate of drug-likeness (QED) is 0.731. The Morgan fingerprint density at radius 2 is 2.19 bits per heavy atom. The van der Waals surface area contributed by atoms with Gasteiger partial charge in [-0.1, -0.05) is 26.2 Å². The lowest BCUT2D eigenvalue weighted by molar-refractivity contribution is -0.0270. The van der Waals surface area contributed by atoms with Crippen LogP contribution in [0.4, 0.5) is 0 Å². The first-order chi connectivity index (χ1) is 7.63. The molecule has 1 rings (SSSR count). The van der Waals surface area contributed by atoms with Crippen LogP contribution in [0.25, 0.3) is 0 Å². The van der Waals surface area contributed by atoms with Crippen LogP contribution in [0.5, 0.6) is 0 Å². The molecule has 1 aliphatic carbocycles. The van der Waals surface area contributed by atoms with E-state index in [1.807, 2.05) is 14.0 Å². The molecule has 0 amide bonds. The van der Waals surface area contributed by atoms with Gasteiger partial charge in [-0.15, -0.1) is 0 Å². The van der Waals surface area contributed by atoms with Crippen LogP contribution in [-0.2, 0) is 4.74 Å². The van der Waals surface area contributed by atoms with Gasteiger partial charge in [0, 0.05) is 0 Å². The van der Waals surface area contributed by atoms with E-state index < -0.39 is 0 Å². The summed E-state index contributed by atoms with van der Waals surface area (Å²) < 4.78 is 5.94. The molecule has 2 N–H and O–H groups in total. The van der Waals surface area contributed by atoms with E-state index in [0.29, 0.717) is 12.7 Å². The molecule has 0 saturated heterocycles. The lowest BCUT2D eigenvalue weighted by Gasteiger charge is -2.33. The summed E-state index contributed by atoms with van der Waals surface area (Å²) in [7, 11) is 1.87. The third-order valence-electron chi connectivity index (χ3n) is 3.90. The van der Waals surface area contributed by atoms with E-state index in [9.17, 15) is 5.11 Å². The van der Waals surface area contributed by atoms with Crippen LogP contribution in [0, 0.1) is 5.92 Å². The fourth-order valence-corrected chi connectivity index (χ4v) is 2.26. The fraction of sp³-hybridized carbons (Fsp3) is 1.00. The molecule has 3 unspecified atom stereocenters. The van der Waals surface area contributed by atoms with E-state index in [-0.39, 0.29) is 12.1 Å². The second-order valence-corrected chi connectivity index (χ2v) is 5.34. The Kier molecular flexibility index (Phi) is 5.73. The number of hydrogen-bond acceptors (Lipinski definition) is 3. The minimum absolute atomic E-state index is 0.118. The normalized spacial score (nSPS) is 30.0. The Morgan fingerprint density at radius 3 is 2.75 bits per heavy atom. The van der Waals surface area contributed by atoms with Gasteiger partial charge >= 0.3 is 0 Å². The molecule has 0 heterocycles. The first-order valence-electron chi connectivity index (χ1n) is 6.55. The average molecular weight is 229 g/mol. The van der Waals surface area contributed by atoms with E-state index in [2.05, 4.69) is 12.2 Å². The number of rotatable bonds is 6. The first-order valence-corrected chi connectivity index (χ1v) is 6.55. The number of ether oxygens (including phenoxy) is 1. The average Bonchev–Trinajstić information content (AvgIpc) is 2.36. The Hall–Kier alpha value is -0.120. The van der Waals surface area contributed by atoms with Crippen molar-refractivity contribution < 1.29 is 9.84 Å². The molecule has 0 aromatic rings. The molecular formula is C13H27NO2. The summed E-state index contributed by atoms with van der Waals surface area (Å²) in [4.78, 5) is 0. The van der Waals surface area contributed by atoms with E-state index in [1.165, 1.54) is 32.1 Å². The summed E-state index contributed by atoms with van der Waals surface area (Å²) in [6, 6.07) is 0. The molecule has 0 aliphatic heterocycles. The standard InChI is InChI=1S/C13H27NO2/c1-4-11-6-5-7-12(8-11)16-10-13(2,9-15)14-3/h11-12,14-15H,4-10H2,1-3H3. The van der Waals surface area contributed by atoms with E-state index >= 15 is 0 Å². The molecule has 3 nitrogen and oxygen atoms in total. The van der Waals surface area contributed by atoms with Gasteiger partial charge in [0.05, 0.1) is 24.9 Å². The van der Waals surface area contributed by atoms with Gasteiger partial charge in [-0.05, 0) is 32.7 Å². The van der Waals surface area contributed by atoms with Crippen LogP contribution < -0.4 is 5.32 Å². The second kappa shape index (κ2) is 6.58. The zero-order chi connectivity index (χ0) is 12.0. The van der Waals surface area contributed by atoms with Crippen molar-refractivity contribution in [3.8, 4) is 0 Å². The molecule has 0 radical (unpaired) electrons. The maximum atomic E-state index is 9.27. The molecule has 3 atom stereocenters. The summed E-state index contributed by atoms with van der Waals surface area (Å²) in [6.07, 6.45) is 6.70. The van der Waals surface area contributed by atoms with Crippen LogP contribution in [0.15, 0.2) is 0 Å². The van der Waals surface area contributed by atoms with Gasteiger partial charge in [0.25, 0.3) is 0 Å². The molecule has 16 heavy (non-hydrogen) atoms. The van der Waals surface area contributed by atoms with Crippen LogP contribution in [0.1, 0.15) is 46.0 Å². The zero-order valence-electron chi connectivity index (χ0n) is 11.0. The molecule has 0 spiro atoms. The number of hydrogen-bond donors (Lipinski definition) is 2. The van der Waals surface area contributed by atoms with Crippen LogP contribution in [0.2, 0.25) is 0 Å². The third-order valence-corrected chi connectivity index (χ3v) is 3.90. The van der Waals surface area contributed by atoms with Gasteiger partial charge < -0.3 is 15.2 Å². The first kappa shape index (κ1) is 13.9. The van der Waals surface area contributed by atoms with Gasteiger partial charge in [-0.25, -0.2) is 0 Å². The molecule has 0 aromatic heterocycles.